The number of hydrogen-bond acceptors (Lipinski definition) is 6. The summed E-state index contributed by atoms with van der Waals surface area (Å²) in [6, 6.07) is 1.65. The maximum atomic E-state index is 13.5. The standard InChI is InChI=1S/C23H27N5O3/c1-13-4-18(27-31-13)21(29)28-3-2-17-19(11-28)24-12-25-20(17)26-22(30)23-8-14-5-15(9-23)7-16(6-14)10-23/h4,12,14-16H,2-3,5-11H2,1H3,(H,24,25,26,30). The third kappa shape index (κ3) is 3.15. The lowest BCUT2D eigenvalue weighted by atomic mass is 9.49. The van der Waals surface area contributed by atoms with E-state index in [1.54, 1.807) is 17.9 Å². The number of rotatable bonds is 3. The predicted octanol–water partition coefficient (Wildman–Crippen LogP) is 3.13. The van der Waals surface area contributed by atoms with Crippen LogP contribution in [0.3, 0.4) is 0 Å². The van der Waals surface area contributed by atoms with E-state index >= 15 is 0 Å². The Hall–Kier alpha value is -2.77. The van der Waals surface area contributed by atoms with Gasteiger partial charge in [-0.3, -0.25) is 9.59 Å². The van der Waals surface area contributed by atoms with Crippen molar-refractivity contribution in [1.29, 1.82) is 0 Å². The molecule has 3 heterocycles. The fourth-order valence-electron chi connectivity index (χ4n) is 6.89. The van der Waals surface area contributed by atoms with Crippen molar-refractivity contribution in [2.24, 2.45) is 23.2 Å². The summed E-state index contributed by atoms with van der Waals surface area (Å²) >= 11 is 0. The number of carbonyl (C=O) groups is 2. The van der Waals surface area contributed by atoms with Gasteiger partial charge in [0.05, 0.1) is 17.7 Å². The fraction of sp³-hybridized carbons (Fsp3) is 0.609. The largest absolute Gasteiger partial charge is 0.361 e. The van der Waals surface area contributed by atoms with Gasteiger partial charge >= 0.3 is 0 Å². The highest BCUT2D eigenvalue weighted by molar-refractivity contribution is 5.96. The fourth-order valence-corrected chi connectivity index (χ4v) is 6.89. The summed E-state index contributed by atoms with van der Waals surface area (Å²) in [4.78, 5) is 36.7. The molecule has 4 saturated carbocycles. The molecule has 2 aromatic heterocycles. The van der Waals surface area contributed by atoms with E-state index in [0.717, 1.165) is 48.3 Å². The van der Waals surface area contributed by atoms with Gasteiger partial charge in [-0.25, -0.2) is 9.97 Å². The van der Waals surface area contributed by atoms with Gasteiger partial charge in [0.25, 0.3) is 5.91 Å². The van der Waals surface area contributed by atoms with Crippen molar-refractivity contribution in [3.8, 4) is 0 Å². The lowest BCUT2D eigenvalue weighted by molar-refractivity contribution is -0.140. The number of fused-ring (bicyclic) bond motifs is 1. The molecule has 0 saturated heterocycles. The second-order valence-electron chi connectivity index (χ2n) is 10.1. The third-order valence-electron chi connectivity index (χ3n) is 7.89. The second-order valence-corrected chi connectivity index (χ2v) is 10.1. The molecule has 0 atom stereocenters. The lowest BCUT2D eigenvalue weighted by Crippen LogP contribution is -2.52. The Balaban J connectivity index is 1.21. The molecular weight excluding hydrogens is 394 g/mol. The maximum Gasteiger partial charge on any atom is 0.276 e. The first-order valence-electron chi connectivity index (χ1n) is 11.4. The van der Waals surface area contributed by atoms with Gasteiger partial charge in [0.1, 0.15) is 17.9 Å². The number of carbonyl (C=O) groups excluding carboxylic acids is 2. The molecule has 4 fully saturated rings. The molecule has 1 aliphatic heterocycles. The second kappa shape index (κ2) is 6.87. The third-order valence-corrected chi connectivity index (χ3v) is 7.89. The van der Waals surface area contributed by atoms with Crippen LogP contribution in [0.4, 0.5) is 5.82 Å². The molecule has 8 nitrogen and oxygen atoms in total. The molecule has 8 heteroatoms. The predicted molar refractivity (Wildman–Crippen MR) is 111 cm³/mol. The quantitative estimate of drug-likeness (QED) is 0.817. The van der Waals surface area contributed by atoms with E-state index < -0.39 is 0 Å². The number of aromatic nitrogens is 3. The monoisotopic (exact) mass is 421 g/mol. The lowest BCUT2D eigenvalue weighted by Gasteiger charge is -2.55. The smallest absolute Gasteiger partial charge is 0.276 e. The Kier molecular flexibility index (Phi) is 4.20. The maximum absolute atomic E-state index is 13.5. The van der Waals surface area contributed by atoms with E-state index in [4.69, 9.17) is 4.52 Å². The van der Waals surface area contributed by atoms with Crippen LogP contribution in [0.5, 0.6) is 0 Å². The van der Waals surface area contributed by atoms with Gasteiger partial charge in [-0.2, -0.15) is 0 Å². The van der Waals surface area contributed by atoms with Crippen molar-refractivity contribution >= 4 is 17.6 Å². The first-order chi connectivity index (χ1) is 15.0. The number of aryl methyl sites for hydroxylation is 1. The van der Waals surface area contributed by atoms with E-state index in [9.17, 15) is 9.59 Å². The van der Waals surface area contributed by atoms with Crippen LogP contribution in [0.15, 0.2) is 16.9 Å². The molecule has 0 radical (unpaired) electrons. The summed E-state index contributed by atoms with van der Waals surface area (Å²) in [5, 5.41) is 7.02. The zero-order valence-corrected chi connectivity index (χ0v) is 17.8. The summed E-state index contributed by atoms with van der Waals surface area (Å²) in [6.07, 6.45) is 9.10. The zero-order chi connectivity index (χ0) is 21.2. The zero-order valence-electron chi connectivity index (χ0n) is 17.8. The minimum atomic E-state index is -0.214. The Morgan fingerprint density at radius 1 is 1.13 bits per heavy atom. The number of nitrogens with zero attached hydrogens (tertiary/aromatic N) is 4. The number of nitrogens with one attached hydrogen (secondary N) is 1. The highest BCUT2D eigenvalue weighted by Gasteiger charge is 2.54. The summed E-state index contributed by atoms with van der Waals surface area (Å²) in [7, 11) is 0. The Morgan fingerprint density at radius 2 is 1.84 bits per heavy atom. The molecule has 0 aromatic carbocycles. The highest BCUT2D eigenvalue weighted by Crippen LogP contribution is 2.60. The molecule has 2 aromatic rings. The van der Waals surface area contributed by atoms with Crippen molar-refractivity contribution in [3.05, 3.63) is 35.1 Å². The molecule has 7 rings (SSSR count). The van der Waals surface area contributed by atoms with E-state index in [1.807, 2.05) is 0 Å². The van der Waals surface area contributed by atoms with Crippen LogP contribution in [-0.2, 0) is 17.8 Å². The first-order valence-corrected chi connectivity index (χ1v) is 11.4. The average molecular weight is 422 g/mol. The van der Waals surface area contributed by atoms with Crippen LogP contribution in [0.25, 0.3) is 0 Å². The van der Waals surface area contributed by atoms with Gasteiger partial charge in [0.15, 0.2) is 5.69 Å². The van der Waals surface area contributed by atoms with Crippen LogP contribution in [0, 0.1) is 30.1 Å². The molecule has 31 heavy (non-hydrogen) atoms. The van der Waals surface area contributed by atoms with E-state index in [2.05, 4.69) is 20.4 Å². The van der Waals surface area contributed by atoms with Crippen molar-refractivity contribution in [1.82, 2.24) is 20.0 Å². The van der Waals surface area contributed by atoms with E-state index in [-0.39, 0.29) is 17.2 Å². The summed E-state index contributed by atoms with van der Waals surface area (Å²) in [5.74, 6) is 3.36. The Morgan fingerprint density at radius 3 is 2.48 bits per heavy atom. The van der Waals surface area contributed by atoms with Crippen molar-refractivity contribution in [3.63, 3.8) is 0 Å². The summed E-state index contributed by atoms with van der Waals surface area (Å²) in [5.41, 5.74) is 1.83. The van der Waals surface area contributed by atoms with E-state index in [1.165, 1.54) is 25.6 Å². The molecule has 0 unspecified atom stereocenters. The van der Waals surface area contributed by atoms with Crippen LogP contribution in [-0.4, -0.2) is 38.4 Å². The molecule has 5 aliphatic rings. The summed E-state index contributed by atoms with van der Waals surface area (Å²) < 4.78 is 5.04. The topological polar surface area (TPSA) is 101 Å². The van der Waals surface area contributed by atoms with Crippen molar-refractivity contribution in [2.75, 3.05) is 11.9 Å². The summed E-state index contributed by atoms with van der Waals surface area (Å²) in [6.45, 7) is 2.68. The SMILES string of the molecule is Cc1cc(C(=O)N2CCc3c(ncnc3NC(=O)C34CC5CC(CC(C5)C3)C4)C2)no1. The van der Waals surface area contributed by atoms with Crippen LogP contribution in [0.1, 0.15) is 66.0 Å². The van der Waals surface area contributed by atoms with Gasteiger partial charge in [-0.1, -0.05) is 5.16 Å². The van der Waals surface area contributed by atoms with Gasteiger partial charge in [0, 0.05) is 18.2 Å². The molecular formula is C23H27N5O3. The van der Waals surface area contributed by atoms with Crippen LogP contribution >= 0.6 is 0 Å². The van der Waals surface area contributed by atoms with Crippen LogP contribution < -0.4 is 5.32 Å². The van der Waals surface area contributed by atoms with Crippen LogP contribution in [0.2, 0.25) is 0 Å². The van der Waals surface area contributed by atoms with Gasteiger partial charge < -0.3 is 14.7 Å². The Bertz CT molecular complexity index is 1030. The molecule has 0 spiro atoms. The number of hydrogen-bond donors (Lipinski definition) is 1. The molecule has 4 aliphatic carbocycles. The Labute approximate surface area is 180 Å². The van der Waals surface area contributed by atoms with Gasteiger partial charge in [0.2, 0.25) is 5.91 Å². The number of anilines is 1. The van der Waals surface area contributed by atoms with Crippen molar-refractivity contribution in [2.45, 2.75) is 58.4 Å². The first kappa shape index (κ1) is 19.0. The van der Waals surface area contributed by atoms with Gasteiger partial charge in [-0.05, 0) is 69.6 Å². The molecule has 2 amide bonds. The molecule has 1 N–H and O–H groups in total. The van der Waals surface area contributed by atoms with E-state index in [0.29, 0.717) is 36.8 Å². The van der Waals surface area contributed by atoms with Gasteiger partial charge in [-0.15, -0.1) is 0 Å². The average Bonchev–Trinajstić information content (AvgIpc) is 3.18. The van der Waals surface area contributed by atoms with Crippen molar-refractivity contribution < 1.29 is 14.1 Å². The number of amides is 2. The highest BCUT2D eigenvalue weighted by atomic mass is 16.5. The molecule has 162 valence electrons. The minimum Gasteiger partial charge on any atom is -0.361 e. The normalized spacial score (nSPS) is 30.9. The minimum absolute atomic E-state index is 0.143. The molecule has 4 bridgehead atoms.